The number of aromatic nitrogens is 3. The summed E-state index contributed by atoms with van der Waals surface area (Å²) in [6, 6.07) is 5.31. The van der Waals surface area contributed by atoms with Gasteiger partial charge in [0.1, 0.15) is 27.4 Å². The third-order valence-corrected chi connectivity index (χ3v) is 4.83. The van der Waals surface area contributed by atoms with Gasteiger partial charge in [0.05, 0.1) is 14.2 Å². The Balaban J connectivity index is 2.29. The molecule has 25 heavy (non-hydrogen) atoms. The van der Waals surface area contributed by atoms with Gasteiger partial charge >= 0.3 is 0 Å². The number of hydrogen-bond donors (Lipinski definition) is 0. The second-order valence-electron chi connectivity index (χ2n) is 5.19. The summed E-state index contributed by atoms with van der Waals surface area (Å²) >= 11 is 1.37. The van der Waals surface area contributed by atoms with Gasteiger partial charge in [0.25, 0.3) is 5.91 Å². The van der Waals surface area contributed by atoms with E-state index in [4.69, 9.17) is 9.47 Å². The number of carbonyl (C=O) groups is 1. The Hall–Kier alpha value is -2.87. The van der Waals surface area contributed by atoms with Gasteiger partial charge in [-0.3, -0.25) is 9.48 Å². The van der Waals surface area contributed by atoms with Gasteiger partial charge in [-0.25, -0.2) is 0 Å². The van der Waals surface area contributed by atoms with E-state index in [1.807, 2.05) is 16.7 Å². The average molecular weight is 358 g/mol. The lowest BCUT2D eigenvalue weighted by molar-refractivity contribution is 0.0989. The molecule has 1 amide bonds. The van der Waals surface area contributed by atoms with Gasteiger partial charge < -0.3 is 14.0 Å². The molecule has 0 saturated heterocycles. The molecule has 0 saturated carbocycles. The zero-order valence-corrected chi connectivity index (χ0v) is 15.0. The number of thiazole rings is 1. The Kier molecular flexibility index (Phi) is 4.71. The van der Waals surface area contributed by atoms with Crippen molar-refractivity contribution in [3.8, 4) is 11.5 Å². The average Bonchev–Trinajstić information content (AvgIpc) is 3.19. The highest BCUT2D eigenvalue weighted by atomic mass is 32.1. The first kappa shape index (κ1) is 17.0. The maximum atomic E-state index is 12.5. The van der Waals surface area contributed by atoms with E-state index < -0.39 is 0 Å². The summed E-state index contributed by atoms with van der Waals surface area (Å²) in [5, 5.41) is 4.01. The molecule has 0 spiro atoms. The van der Waals surface area contributed by atoms with Crippen LogP contribution in [0.15, 0.2) is 42.0 Å². The van der Waals surface area contributed by atoms with Crippen molar-refractivity contribution in [1.82, 2.24) is 14.3 Å². The van der Waals surface area contributed by atoms with Crippen molar-refractivity contribution in [3.63, 3.8) is 0 Å². The van der Waals surface area contributed by atoms with Gasteiger partial charge in [0.15, 0.2) is 4.80 Å². The molecule has 8 heteroatoms. The predicted molar refractivity (Wildman–Crippen MR) is 96.2 cm³/mol. The number of aryl methyl sites for hydroxylation is 1. The van der Waals surface area contributed by atoms with Gasteiger partial charge in [0.2, 0.25) is 0 Å². The van der Waals surface area contributed by atoms with Crippen LogP contribution in [-0.2, 0) is 13.6 Å². The molecule has 0 aliphatic heterocycles. The number of ether oxygens (including phenoxy) is 2. The van der Waals surface area contributed by atoms with Crippen molar-refractivity contribution < 1.29 is 14.3 Å². The summed E-state index contributed by atoms with van der Waals surface area (Å²) in [4.78, 5) is 17.4. The number of rotatable bonds is 5. The third kappa shape index (κ3) is 2.96. The van der Waals surface area contributed by atoms with E-state index in [0.29, 0.717) is 28.5 Å². The predicted octanol–water partition coefficient (Wildman–Crippen LogP) is 2.38. The number of methoxy groups -OCH3 is 2. The number of allylic oxidation sites excluding steroid dienone is 1. The molecular formula is C17H18N4O3S. The number of carbonyl (C=O) groups excluding carboxylic acids is 1. The second-order valence-corrected chi connectivity index (χ2v) is 6.17. The van der Waals surface area contributed by atoms with Crippen molar-refractivity contribution in [2.24, 2.45) is 12.0 Å². The molecular weight excluding hydrogens is 340 g/mol. The molecule has 7 nitrogen and oxygen atoms in total. The number of benzene rings is 1. The molecule has 0 aliphatic rings. The smallest absolute Gasteiger partial charge is 0.297 e. The lowest BCUT2D eigenvalue weighted by Crippen LogP contribution is -2.17. The van der Waals surface area contributed by atoms with Crippen molar-refractivity contribution in [1.29, 1.82) is 0 Å². The first-order valence-corrected chi connectivity index (χ1v) is 8.34. The van der Waals surface area contributed by atoms with Crippen molar-refractivity contribution in [2.45, 2.75) is 6.54 Å². The fraction of sp³-hybridized carbons (Fsp3) is 0.235. The lowest BCUT2D eigenvalue weighted by Gasteiger charge is -2.08. The fourth-order valence-electron chi connectivity index (χ4n) is 2.57. The molecule has 3 rings (SSSR count). The summed E-state index contributed by atoms with van der Waals surface area (Å²) < 4.78 is 15.2. The van der Waals surface area contributed by atoms with Crippen LogP contribution in [0.25, 0.3) is 10.2 Å². The van der Waals surface area contributed by atoms with Crippen LogP contribution >= 0.6 is 11.3 Å². The molecule has 2 heterocycles. The van der Waals surface area contributed by atoms with Crippen LogP contribution in [0.3, 0.4) is 0 Å². The Labute approximate surface area is 148 Å². The quantitative estimate of drug-likeness (QED) is 0.657. The van der Waals surface area contributed by atoms with E-state index in [2.05, 4.69) is 16.7 Å². The maximum Gasteiger partial charge on any atom is 0.297 e. The highest BCUT2D eigenvalue weighted by molar-refractivity contribution is 7.16. The maximum absolute atomic E-state index is 12.5. The van der Waals surface area contributed by atoms with E-state index in [0.717, 1.165) is 10.2 Å². The summed E-state index contributed by atoms with van der Waals surface area (Å²) in [6.45, 7) is 4.28. The SMILES string of the molecule is C=CCn1c(=NC(=O)c2ccnn2C)sc2c(OC)ccc(OC)c21. The lowest BCUT2D eigenvalue weighted by atomic mass is 10.3. The van der Waals surface area contributed by atoms with E-state index >= 15 is 0 Å². The van der Waals surface area contributed by atoms with E-state index in [9.17, 15) is 4.79 Å². The van der Waals surface area contributed by atoms with E-state index in [1.165, 1.54) is 16.0 Å². The number of amides is 1. The minimum absolute atomic E-state index is 0.359. The largest absolute Gasteiger partial charge is 0.495 e. The minimum Gasteiger partial charge on any atom is -0.495 e. The highest BCUT2D eigenvalue weighted by Crippen LogP contribution is 2.35. The molecule has 0 N–H and O–H groups in total. The Bertz CT molecular complexity index is 1010. The molecule has 3 aromatic rings. The number of nitrogens with zero attached hydrogens (tertiary/aromatic N) is 4. The van der Waals surface area contributed by atoms with Gasteiger partial charge in [0, 0.05) is 19.8 Å². The summed E-state index contributed by atoms with van der Waals surface area (Å²) in [6.07, 6.45) is 3.32. The van der Waals surface area contributed by atoms with Crippen LogP contribution in [0.5, 0.6) is 11.5 Å². The van der Waals surface area contributed by atoms with Gasteiger partial charge in [-0.05, 0) is 18.2 Å². The normalized spacial score (nSPS) is 11.7. The monoisotopic (exact) mass is 358 g/mol. The molecule has 0 aliphatic carbocycles. The van der Waals surface area contributed by atoms with Crippen molar-refractivity contribution >= 4 is 27.5 Å². The van der Waals surface area contributed by atoms with Gasteiger partial charge in [-0.2, -0.15) is 10.1 Å². The van der Waals surface area contributed by atoms with Crippen LogP contribution in [0, 0.1) is 0 Å². The van der Waals surface area contributed by atoms with Crippen LogP contribution in [0.1, 0.15) is 10.5 Å². The van der Waals surface area contributed by atoms with Crippen molar-refractivity contribution in [2.75, 3.05) is 14.2 Å². The van der Waals surface area contributed by atoms with E-state index in [-0.39, 0.29) is 5.91 Å². The van der Waals surface area contributed by atoms with Crippen LogP contribution in [-0.4, -0.2) is 34.5 Å². The van der Waals surface area contributed by atoms with Crippen LogP contribution in [0.4, 0.5) is 0 Å². The van der Waals surface area contributed by atoms with Gasteiger partial charge in [-0.1, -0.05) is 17.4 Å². The Morgan fingerprint density at radius 2 is 2.04 bits per heavy atom. The highest BCUT2D eigenvalue weighted by Gasteiger charge is 2.17. The first-order valence-electron chi connectivity index (χ1n) is 7.53. The Morgan fingerprint density at radius 3 is 2.64 bits per heavy atom. The topological polar surface area (TPSA) is 70.6 Å². The second kappa shape index (κ2) is 6.94. The number of hydrogen-bond acceptors (Lipinski definition) is 5. The van der Waals surface area contributed by atoms with Crippen LogP contribution in [0.2, 0.25) is 0 Å². The fourth-order valence-corrected chi connectivity index (χ4v) is 3.71. The molecule has 0 unspecified atom stereocenters. The zero-order chi connectivity index (χ0) is 18.0. The molecule has 0 bridgehead atoms. The molecule has 1 aromatic carbocycles. The van der Waals surface area contributed by atoms with Crippen LogP contribution < -0.4 is 14.3 Å². The molecule has 0 fully saturated rings. The van der Waals surface area contributed by atoms with E-state index in [1.54, 1.807) is 39.6 Å². The zero-order valence-electron chi connectivity index (χ0n) is 14.2. The molecule has 0 atom stereocenters. The molecule has 130 valence electrons. The summed E-state index contributed by atoms with van der Waals surface area (Å²) in [5.41, 5.74) is 1.24. The number of fused-ring (bicyclic) bond motifs is 1. The summed E-state index contributed by atoms with van der Waals surface area (Å²) in [7, 11) is 4.92. The summed E-state index contributed by atoms with van der Waals surface area (Å²) in [5.74, 6) is 1.03. The molecule has 0 radical (unpaired) electrons. The molecule has 2 aromatic heterocycles. The first-order chi connectivity index (χ1) is 12.1. The van der Waals surface area contributed by atoms with Crippen molar-refractivity contribution in [3.05, 3.63) is 47.5 Å². The third-order valence-electron chi connectivity index (χ3n) is 3.74. The standard InChI is InChI=1S/C17H18N4O3S/c1-5-10-21-14-12(23-3)6-7-13(24-4)15(14)25-17(21)19-16(22)11-8-9-18-20(11)2/h5-9H,1,10H2,2-4H3. The van der Waals surface area contributed by atoms with Gasteiger partial charge in [-0.15, -0.1) is 6.58 Å². The Morgan fingerprint density at radius 1 is 1.32 bits per heavy atom. The minimum atomic E-state index is -0.359.